The molecule has 1 heterocycles. The average Bonchev–Trinajstić information content (AvgIpc) is 2.50. The summed E-state index contributed by atoms with van der Waals surface area (Å²) in [6.07, 6.45) is 5.62. The van der Waals surface area contributed by atoms with Gasteiger partial charge in [-0.25, -0.2) is 8.42 Å². The molecular formula is C16H23NO4S. The lowest BCUT2D eigenvalue weighted by Gasteiger charge is -2.25. The van der Waals surface area contributed by atoms with Crippen LogP contribution in [-0.4, -0.2) is 39.0 Å². The van der Waals surface area contributed by atoms with Gasteiger partial charge in [0, 0.05) is 18.7 Å². The summed E-state index contributed by atoms with van der Waals surface area (Å²) < 4.78 is 38.3. The lowest BCUT2D eigenvalue weighted by molar-refractivity contribution is 0.300. The van der Waals surface area contributed by atoms with Crippen LogP contribution in [0.4, 0.5) is 0 Å². The molecule has 0 fully saturated rings. The molecule has 0 unspecified atom stereocenters. The fraction of sp³-hybridized carbons (Fsp3) is 0.500. The lowest BCUT2D eigenvalue weighted by Crippen LogP contribution is -2.37. The first kappa shape index (κ1) is 16.8. The van der Waals surface area contributed by atoms with Gasteiger partial charge in [-0.1, -0.05) is 12.2 Å². The zero-order chi connectivity index (χ0) is 16.2. The molecule has 0 bridgehead atoms. The number of hydrogen-bond acceptors (Lipinski definition) is 4. The van der Waals surface area contributed by atoms with Gasteiger partial charge in [-0.15, -0.1) is 0 Å². The van der Waals surface area contributed by atoms with E-state index in [2.05, 4.69) is 0 Å². The Labute approximate surface area is 132 Å². The van der Waals surface area contributed by atoms with Crippen LogP contribution in [0.2, 0.25) is 0 Å². The van der Waals surface area contributed by atoms with Gasteiger partial charge in [0.15, 0.2) is 0 Å². The summed E-state index contributed by atoms with van der Waals surface area (Å²) >= 11 is 0. The molecule has 1 aromatic rings. The SMILES string of the molecule is COc1ccc2c(c1)OCCCC=CCN(C(C)C)S2(=O)=O. The van der Waals surface area contributed by atoms with Gasteiger partial charge >= 0.3 is 0 Å². The van der Waals surface area contributed by atoms with Gasteiger partial charge in [0.2, 0.25) is 10.0 Å². The number of ether oxygens (including phenoxy) is 2. The summed E-state index contributed by atoms with van der Waals surface area (Å²) in [6.45, 7) is 4.58. The van der Waals surface area contributed by atoms with Crippen molar-refractivity contribution in [2.45, 2.75) is 37.6 Å². The summed E-state index contributed by atoms with van der Waals surface area (Å²) in [5, 5.41) is 0. The quantitative estimate of drug-likeness (QED) is 0.785. The normalized spacial score (nSPS) is 19.1. The van der Waals surface area contributed by atoms with E-state index < -0.39 is 10.0 Å². The number of rotatable bonds is 2. The van der Waals surface area contributed by atoms with Crippen molar-refractivity contribution in [3.8, 4) is 11.5 Å². The maximum Gasteiger partial charge on any atom is 0.247 e. The van der Waals surface area contributed by atoms with Crippen LogP contribution in [0.5, 0.6) is 11.5 Å². The molecule has 22 heavy (non-hydrogen) atoms. The zero-order valence-electron chi connectivity index (χ0n) is 13.3. The zero-order valence-corrected chi connectivity index (χ0v) is 14.1. The molecule has 0 aliphatic carbocycles. The van der Waals surface area contributed by atoms with E-state index in [9.17, 15) is 8.42 Å². The van der Waals surface area contributed by atoms with Gasteiger partial charge < -0.3 is 9.47 Å². The third kappa shape index (κ3) is 3.62. The van der Waals surface area contributed by atoms with Gasteiger partial charge in [-0.3, -0.25) is 0 Å². The summed E-state index contributed by atoms with van der Waals surface area (Å²) in [5.74, 6) is 0.935. The Morgan fingerprint density at radius 1 is 1.27 bits per heavy atom. The predicted octanol–water partition coefficient (Wildman–Crippen LogP) is 2.82. The number of nitrogens with zero attached hydrogens (tertiary/aromatic N) is 1. The number of fused-ring (bicyclic) bond motifs is 1. The molecule has 122 valence electrons. The van der Waals surface area contributed by atoms with E-state index in [1.807, 2.05) is 26.0 Å². The number of hydrogen-bond donors (Lipinski definition) is 0. The van der Waals surface area contributed by atoms with E-state index in [0.717, 1.165) is 12.8 Å². The van der Waals surface area contributed by atoms with E-state index >= 15 is 0 Å². The fourth-order valence-electron chi connectivity index (χ4n) is 2.33. The molecule has 0 aromatic heterocycles. The van der Waals surface area contributed by atoms with Crippen LogP contribution in [0, 0.1) is 0 Å². The number of benzene rings is 1. The van der Waals surface area contributed by atoms with Crippen molar-refractivity contribution in [3.63, 3.8) is 0 Å². The molecule has 0 saturated carbocycles. The standard InChI is InChI=1S/C16H23NO4S/c1-13(2)17-10-6-4-5-7-11-21-15-12-14(20-3)8-9-16(15)22(17,18)19/h4,6,8-9,12-13H,5,7,10-11H2,1-3H3. The topological polar surface area (TPSA) is 55.8 Å². The Morgan fingerprint density at radius 2 is 2.05 bits per heavy atom. The third-order valence-corrected chi connectivity index (χ3v) is 5.62. The second-order valence-corrected chi connectivity index (χ2v) is 7.30. The molecule has 0 atom stereocenters. The first-order chi connectivity index (χ1) is 10.5. The highest BCUT2D eigenvalue weighted by atomic mass is 32.2. The first-order valence-electron chi connectivity index (χ1n) is 7.44. The Hall–Kier alpha value is -1.53. The van der Waals surface area contributed by atoms with E-state index in [-0.39, 0.29) is 10.9 Å². The molecule has 1 aliphatic heterocycles. The monoisotopic (exact) mass is 325 g/mol. The Bertz CT molecular complexity index is 638. The van der Waals surface area contributed by atoms with Crippen LogP contribution >= 0.6 is 0 Å². The predicted molar refractivity (Wildman–Crippen MR) is 85.9 cm³/mol. The largest absolute Gasteiger partial charge is 0.497 e. The Morgan fingerprint density at radius 3 is 2.73 bits per heavy atom. The van der Waals surface area contributed by atoms with Crippen molar-refractivity contribution in [2.75, 3.05) is 20.3 Å². The summed E-state index contributed by atoms with van der Waals surface area (Å²) in [5.41, 5.74) is 0. The number of allylic oxidation sites excluding steroid dienone is 1. The summed E-state index contributed by atoms with van der Waals surface area (Å²) in [6, 6.07) is 4.70. The maximum absolute atomic E-state index is 13.0. The molecule has 6 heteroatoms. The smallest absolute Gasteiger partial charge is 0.247 e. The van der Waals surface area contributed by atoms with Gasteiger partial charge in [0.25, 0.3) is 0 Å². The minimum atomic E-state index is -3.62. The van der Waals surface area contributed by atoms with Crippen molar-refractivity contribution in [3.05, 3.63) is 30.4 Å². The molecule has 1 aliphatic rings. The van der Waals surface area contributed by atoms with Crippen LogP contribution in [0.25, 0.3) is 0 Å². The van der Waals surface area contributed by atoms with Gasteiger partial charge in [0.1, 0.15) is 16.4 Å². The fourth-order valence-corrected chi connectivity index (χ4v) is 4.04. The van der Waals surface area contributed by atoms with Gasteiger partial charge in [-0.05, 0) is 38.8 Å². The van der Waals surface area contributed by atoms with E-state index in [4.69, 9.17) is 9.47 Å². The lowest BCUT2D eigenvalue weighted by atomic mass is 10.3. The van der Waals surface area contributed by atoms with Crippen molar-refractivity contribution in [1.82, 2.24) is 4.31 Å². The molecular weight excluding hydrogens is 302 g/mol. The number of methoxy groups -OCH3 is 1. The molecule has 0 amide bonds. The second-order valence-electron chi connectivity index (χ2n) is 5.44. The molecule has 0 radical (unpaired) electrons. The molecule has 0 saturated heterocycles. The van der Waals surface area contributed by atoms with Crippen LogP contribution in [0.1, 0.15) is 26.7 Å². The van der Waals surface area contributed by atoms with Crippen LogP contribution < -0.4 is 9.47 Å². The Balaban J connectivity index is 2.54. The average molecular weight is 325 g/mol. The summed E-state index contributed by atoms with van der Waals surface area (Å²) in [7, 11) is -2.07. The molecule has 1 aromatic carbocycles. The maximum atomic E-state index is 13.0. The highest BCUT2D eigenvalue weighted by Gasteiger charge is 2.29. The molecule has 5 nitrogen and oxygen atoms in total. The van der Waals surface area contributed by atoms with Gasteiger partial charge in [0.05, 0.1) is 13.7 Å². The van der Waals surface area contributed by atoms with Gasteiger partial charge in [-0.2, -0.15) is 4.31 Å². The van der Waals surface area contributed by atoms with Crippen LogP contribution in [0.15, 0.2) is 35.2 Å². The van der Waals surface area contributed by atoms with Crippen molar-refractivity contribution in [1.29, 1.82) is 0 Å². The third-order valence-electron chi connectivity index (χ3n) is 3.54. The van der Waals surface area contributed by atoms with Crippen molar-refractivity contribution >= 4 is 10.0 Å². The first-order valence-corrected chi connectivity index (χ1v) is 8.88. The minimum Gasteiger partial charge on any atom is -0.497 e. The van der Waals surface area contributed by atoms with Crippen molar-refractivity contribution < 1.29 is 17.9 Å². The molecule has 0 spiro atoms. The minimum absolute atomic E-state index is 0.134. The van der Waals surface area contributed by atoms with E-state index in [1.54, 1.807) is 25.3 Å². The second kappa shape index (κ2) is 7.15. The highest BCUT2D eigenvalue weighted by Crippen LogP contribution is 2.32. The number of sulfonamides is 1. The van der Waals surface area contributed by atoms with Crippen molar-refractivity contribution in [2.24, 2.45) is 0 Å². The van der Waals surface area contributed by atoms with Crippen LogP contribution in [-0.2, 0) is 10.0 Å². The Kier molecular flexibility index (Phi) is 5.47. The molecule has 2 rings (SSSR count). The molecule has 0 N–H and O–H groups in total. The van der Waals surface area contributed by atoms with Crippen LogP contribution in [0.3, 0.4) is 0 Å². The summed E-state index contributed by atoms with van der Waals surface area (Å²) in [4.78, 5) is 0.192. The highest BCUT2D eigenvalue weighted by molar-refractivity contribution is 7.89. The van der Waals surface area contributed by atoms with E-state index in [1.165, 1.54) is 4.31 Å². The van der Waals surface area contributed by atoms with E-state index in [0.29, 0.717) is 24.7 Å².